The first-order chi connectivity index (χ1) is 13.8. The molecule has 0 aliphatic carbocycles. The second kappa shape index (κ2) is 9.27. The van der Waals surface area contributed by atoms with Gasteiger partial charge in [-0.05, 0) is 64.2 Å². The molecule has 2 amide bonds. The van der Waals surface area contributed by atoms with Crippen LogP contribution in [0.25, 0.3) is 0 Å². The van der Waals surface area contributed by atoms with Crippen LogP contribution in [-0.2, 0) is 22.1 Å². The molecule has 1 aliphatic rings. The number of carbonyl (C=O) groups is 2. The Balaban J connectivity index is 1.86. The van der Waals surface area contributed by atoms with E-state index in [4.69, 9.17) is 4.74 Å². The van der Waals surface area contributed by atoms with Gasteiger partial charge in [-0.1, -0.05) is 19.1 Å². The van der Waals surface area contributed by atoms with E-state index in [0.29, 0.717) is 25.1 Å². The lowest BCUT2D eigenvalue weighted by atomic mass is 9.98. The molecule has 1 fully saturated rings. The molecular formula is C22H31F3N2O3. The number of benzene rings is 1. The van der Waals surface area contributed by atoms with Crippen molar-refractivity contribution in [1.29, 1.82) is 0 Å². The van der Waals surface area contributed by atoms with Crippen LogP contribution in [0.1, 0.15) is 52.2 Å². The van der Waals surface area contributed by atoms with Crippen molar-refractivity contribution in [1.82, 2.24) is 10.2 Å². The predicted octanol–water partition coefficient (Wildman–Crippen LogP) is 4.65. The summed E-state index contributed by atoms with van der Waals surface area (Å²) >= 11 is 0. The van der Waals surface area contributed by atoms with Gasteiger partial charge in [-0.15, -0.1) is 0 Å². The Morgan fingerprint density at radius 3 is 2.30 bits per heavy atom. The van der Waals surface area contributed by atoms with E-state index in [1.807, 2.05) is 6.92 Å². The first-order valence-corrected chi connectivity index (χ1v) is 10.2. The summed E-state index contributed by atoms with van der Waals surface area (Å²) in [6.45, 7) is 10.2. The fourth-order valence-corrected chi connectivity index (χ4v) is 3.59. The smallest absolute Gasteiger partial charge is 0.416 e. The fourth-order valence-electron chi connectivity index (χ4n) is 3.59. The lowest BCUT2D eigenvalue weighted by molar-refractivity contribution is -0.137. The molecule has 0 aromatic heterocycles. The SMILES string of the molecule is C[C@H](Cc1ccc(C(F)(F)F)cc1)C(=O)N1CC[C@@H]([C@H](C)NC(=O)OC(C)(C)C)C1. The molecule has 1 aromatic carbocycles. The molecule has 8 heteroatoms. The van der Waals surface area contributed by atoms with Gasteiger partial charge in [0.05, 0.1) is 5.56 Å². The second-order valence-electron chi connectivity index (χ2n) is 9.07. The molecule has 0 saturated carbocycles. The van der Waals surface area contributed by atoms with Crippen LogP contribution in [0.5, 0.6) is 0 Å². The Hall–Kier alpha value is -2.25. The normalized spacial score (nSPS) is 19.3. The van der Waals surface area contributed by atoms with Crippen LogP contribution in [-0.4, -0.2) is 41.6 Å². The number of rotatable bonds is 5. The summed E-state index contributed by atoms with van der Waals surface area (Å²) in [6.07, 6.45) is -3.69. The number of amides is 2. The number of hydrogen-bond donors (Lipinski definition) is 1. The minimum Gasteiger partial charge on any atom is -0.444 e. The minimum absolute atomic E-state index is 0.0261. The number of nitrogens with one attached hydrogen (secondary N) is 1. The molecule has 0 unspecified atom stereocenters. The van der Waals surface area contributed by atoms with Gasteiger partial charge in [0.15, 0.2) is 0 Å². The molecule has 0 spiro atoms. The van der Waals surface area contributed by atoms with Gasteiger partial charge in [0.1, 0.15) is 5.60 Å². The van der Waals surface area contributed by atoms with Gasteiger partial charge in [-0.3, -0.25) is 4.79 Å². The van der Waals surface area contributed by atoms with Crippen molar-refractivity contribution >= 4 is 12.0 Å². The Kier molecular flexibility index (Phi) is 7.42. The maximum absolute atomic E-state index is 12.8. The zero-order valence-corrected chi connectivity index (χ0v) is 18.2. The highest BCUT2D eigenvalue weighted by atomic mass is 19.4. The van der Waals surface area contributed by atoms with Crippen LogP contribution in [0, 0.1) is 11.8 Å². The van der Waals surface area contributed by atoms with E-state index in [2.05, 4.69) is 5.32 Å². The van der Waals surface area contributed by atoms with Gasteiger partial charge < -0.3 is 15.0 Å². The third-order valence-corrected chi connectivity index (χ3v) is 5.23. The van der Waals surface area contributed by atoms with Crippen LogP contribution in [0.15, 0.2) is 24.3 Å². The Labute approximate surface area is 176 Å². The molecule has 0 bridgehead atoms. The molecule has 2 rings (SSSR count). The van der Waals surface area contributed by atoms with Crippen LogP contribution < -0.4 is 5.32 Å². The molecule has 1 N–H and O–H groups in total. The predicted molar refractivity (Wildman–Crippen MR) is 108 cm³/mol. The highest BCUT2D eigenvalue weighted by Gasteiger charge is 2.33. The molecule has 1 aliphatic heterocycles. The minimum atomic E-state index is -4.37. The van der Waals surface area contributed by atoms with Gasteiger partial charge in [-0.2, -0.15) is 13.2 Å². The third kappa shape index (κ3) is 6.92. The zero-order chi connectivity index (χ0) is 22.7. The summed E-state index contributed by atoms with van der Waals surface area (Å²) in [5, 5.41) is 2.83. The number of alkyl halides is 3. The van der Waals surface area contributed by atoms with E-state index in [-0.39, 0.29) is 23.8 Å². The molecule has 30 heavy (non-hydrogen) atoms. The number of carbonyl (C=O) groups excluding carboxylic acids is 2. The summed E-state index contributed by atoms with van der Waals surface area (Å²) in [6, 6.07) is 4.80. The van der Waals surface area contributed by atoms with Crippen LogP contribution in [0.3, 0.4) is 0 Å². The quantitative estimate of drug-likeness (QED) is 0.743. The number of alkyl carbamates (subject to hydrolysis) is 1. The van der Waals surface area contributed by atoms with Crippen molar-refractivity contribution in [2.75, 3.05) is 13.1 Å². The largest absolute Gasteiger partial charge is 0.444 e. The highest BCUT2D eigenvalue weighted by Crippen LogP contribution is 2.29. The molecule has 1 saturated heterocycles. The van der Waals surface area contributed by atoms with E-state index >= 15 is 0 Å². The lowest BCUT2D eigenvalue weighted by Gasteiger charge is -2.25. The average Bonchev–Trinajstić information content (AvgIpc) is 3.09. The maximum Gasteiger partial charge on any atom is 0.416 e. The van der Waals surface area contributed by atoms with E-state index in [9.17, 15) is 22.8 Å². The van der Waals surface area contributed by atoms with E-state index < -0.39 is 23.4 Å². The van der Waals surface area contributed by atoms with Crippen molar-refractivity contribution in [2.24, 2.45) is 11.8 Å². The first-order valence-electron chi connectivity index (χ1n) is 10.2. The van der Waals surface area contributed by atoms with Crippen molar-refractivity contribution in [2.45, 2.75) is 65.3 Å². The number of hydrogen-bond acceptors (Lipinski definition) is 3. The first kappa shape index (κ1) is 24.0. The van der Waals surface area contributed by atoms with Crippen molar-refractivity contribution < 1.29 is 27.5 Å². The number of ether oxygens (including phenoxy) is 1. The maximum atomic E-state index is 12.8. The van der Waals surface area contributed by atoms with Gasteiger partial charge in [0.2, 0.25) is 5.91 Å². The monoisotopic (exact) mass is 428 g/mol. The van der Waals surface area contributed by atoms with Crippen LogP contribution in [0.4, 0.5) is 18.0 Å². The zero-order valence-electron chi connectivity index (χ0n) is 18.2. The molecule has 168 valence electrons. The summed E-state index contributed by atoms with van der Waals surface area (Å²) in [7, 11) is 0. The number of halogens is 3. The van der Waals surface area contributed by atoms with Crippen LogP contribution in [0.2, 0.25) is 0 Å². The highest BCUT2D eigenvalue weighted by molar-refractivity contribution is 5.79. The van der Waals surface area contributed by atoms with Crippen molar-refractivity contribution in [3.8, 4) is 0 Å². The second-order valence-corrected chi connectivity index (χ2v) is 9.07. The fraction of sp³-hybridized carbons (Fsp3) is 0.636. The average molecular weight is 428 g/mol. The summed E-state index contributed by atoms with van der Waals surface area (Å²) < 4.78 is 43.3. The number of likely N-dealkylation sites (tertiary alicyclic amines) is 1. The van der Waals surface area contributed by atoms with Crippen molar-refractivity contribution in [3.63, 3.8) is 0 Å². The molecular weight excluding hydrogens is 397 g/mol. The van der Waals surface area contributed by atoms with Gasteiger partial charge >= 0.3 is 12.3 Å². The molecule has 0 radical (unpaired) electrons. The summed E-state index contributed by atoms with van der Waals surface area (Å²) in [5.41, 5.74) is -0.575. The standard InChI is InChI=1S/C22H31F3N2O3/c1-14(12-16-6-8-18(9-7-16)22(23,24)25)19(28)27-11-10-17(13-27)15(2)26-20(29)30-21(3,4)5/h6-9,14-15,17H,10-13H2,1-5H3,(H,26,29)/t14-,15+,17-/m1/s1. The van der Waals surface area contributed by atoms with Gasteiger partial charge in [0.25, 0.3) is 0 Å². The van der Waals surface area contributed by atoms with Crippen LogP contribution >= 0.6 is 0 Å². The van der Waals surface area contributed by atoms with Gasteiger partial charge in [0, 0.05) is 25.0 Å². The molecule has 3 atom stereocenters. The molecule has 1 heterocycles. The molecule has 1 aromatic rings. The van der Waals surface area contributed by atoms with Gasteiger partial charge in [-0.25, -0.2) is 4.79 Å². The van der Waals surface area contributed by atoms with E-state index in [1.54, 1.807) is 32.6 Å². The third-order valence-electron chi connectivity index (χ3n) is 5.23. The lowest BCUT2D eigenvalue weighted by Crippen LogP contribution is -2.42. The summed E-state index contributed by atoms with van der Waals surface area (Å²) in [4.78, 5) is 26.5. The van der Waals surface area contributed by atoms with E-state index in [0.717, 1.165) is 18.6 Å². The Bertz CT molecular complexity index is 741. The molecule has 5 nitrogen and oxygen atoms in total. The van der Waals surface area contributed by atoms with Crippen molar-refractivity contribution in [3.05, 3.63) is 35.4 Å². The Morgan fingerprint density at radius 1 is 1.17 bits per heavy atom. The summed E-state index contributed by atoms with van der Waals surface area (Å²) in [5.74, 6) is -0.240. The van der Waals surface area contributed by atoms with E-state index in [1.165, 1.54) is 12.1 Å². The topological polar surface area (TPSA) is 58.6 Å². The Morgan fingerprint density at radius 2 is 1.77 bits per heavy atom. The number of nitrogens with zero attached hydrogens (tertiary/aromatic N) is 1.